The van der Waals surface area contributed by atoms with Gasteiger partial charge >= 0.3 is 8.80 Å². The van der Waals surface area contributed by atoms with E-state index < -0.39 is 8.80 Å². The maximum Gasteiger partial charge on any atom is 0.500 e. The summed E-state index contributed by atoms with van der Waals surface area (Å²) < 4.78 is 17.6. The number of thiol groups is 1. The molecule has 0 amide bonds. The van der Waals surface area contributed by atoms with Crippen LogP contribution in [0.15, 0.2) is 0 Å². The van der Waals surface area contributed by atoms with E-state index in [9.17, 15) is 0 Å². The summed E-state index contributed by atoms with van der Waals surface area (Å²) in [5.41, 5.74) is 0. The third-order valence-electron chi connectivity index (χ3n) is 2.06. The Labute approximate surface area is 107 Å². The Morgan fingerprint density at radius 3 is 1.88 bits per heavy atom. The van der Waals surface area contributed by atoms with E-state index in [4.69, 9.17) is 13.3 Å². The van der Waals surface area contributed by atoms with E-state index in [0.717, 1.165) is 44.3 Å². The monoisotopic (exact) mass is 266 g/mol. The predicted molar refractivity (Wildman–Crippen MR) is 73.1 cm³/mol. The fourth-order valence-electron chi connectivity index (χ4n) is 1.37. The molecule has 0 unspecified atom stereocenters. The summed E-state index contributed by atoms with van der Waals surface area (Å²) in [7, 11) is -2.41. The molecule has 0 aromatic carbocycles. The molecule has 0 aromatic heterocycles. The zero-order valence-corrected chi connectivity index (χ0v) is 12.7. The van der Waals surface area contributed by atoms with Gasteiger partial charge in [0.2, 0.25) is 0 Å². The van der Waals surface area contributed by atoms with Gasteiger partial charge in [-0.25, -0.2) is 0 Å². The van der Waals surface area contributed by atoms with Crippen LogP contribution in [0, 0.1) is 0 Å². The number of hydrogen-bond acceptors (Lipinski definition) is 4. The van der Waals surface area contributed by atoms with E-state index in [2.05, 4.69) is 26.5 Å². The van der Waals surface area contributed by atoms with Crippen LogP contribution in [0.1, 0.15) is 40.0 Å². The topological polar surface area (TPSA) is 27.7 Å². The van der Waals surface area contributed by atoms with Crippen LogP contribution in [0.2, 0.25) is 6.04 Å². The van der Waals surface area contributed by atoms with Gasteiger partial charge in [0.1, 0.15) is 0 Å². The average Bonchev–Trinajstić information content (AvgIpc) is 2.31. The van der Waals surface area contributed by atoms with E-state index in [-0.39, 0.29) is 0 Å². The standard InChI is InChI=1S/C11H26O3SSi/c1-4-8-13-16(12-6-3,11-7-10-15)14-9-5-2/h15H,4-11H2,1-3H3. The van der Waals surface area contributed by atoms with Crippen LogP contribution in [0.4, 0.5) is 0 Å². The molecular weight excluding hydrogens is 240 g/mol. The summed E-state index contributed by atoms with van der Waals surface area (Å²) in [4.78, 5) is 0. The van der Waals surface area contributed by atoms with E-state index >= 15 is 0 Å². The highest BCUT2D eigenvalue weighted by Gasteiger charge is 2.39. The zero-order chi connectivity index (χ0) is 12.3. The molecule has 0 aliphatic rings. The second-order valence-electron chi connectivity index (χ2n) is 3.64. The molecular formula is C11H26O3SSi. The largest absolute Gasteiger partial charge is 0.500 e. The molecule has 0 bridgehead atoms. The van der Waals surface area contributed by atoms with Crippen molar-refractivity contribution in [1.29, 1.82) is 0 Å². The molecule has 3 nitrogen and oxygen atoms in total. The molecule has 0 saturated heterocycles. The Morgan fingerprint density at radius 2 is 1.50 bits per heavy atom. The van der Waals surface area contributed by atoms with Crippen molar-refractivity contribution in [3.8, 4) is 0 Å². The lowest BCUT2D eigenvalue weighted by atomic mass is 10.5. The highest BCUT2D eigenvalue weighted by molar-refractivity contribution is 7.80. The highest BCUT2D eigenvalue weighted by Crippen LogP contribution is 2.19. The summed E-state index contributed by atoms with van der Waals surface area (Å²) in [6.45, 7) is 8.30. The van der Waals surface area contributed by atoms with Gasteiger partial charge in [0, 0.05) is 25.9 Å². The van der Waals surface area contributed by atoms with Crippen molar-refractivity contribution in [2.45, 2.75) is 46.1 Å². The van der Waals surface area contributed by atoms with E-state index in [1.807, 2.05) is 6.92 Å². The molecule has 0 saturated carbocycles. The van der Waals surface area contributed by atoms with Crippen LogP contribution in [0.3, 0.4) is 0 Å². The van der Waals surface area contributed by atoms with Crippen LogP contribution in [-0.4, -0.2) is 34.4 Å². The molecule has 0 aliphatic carbocycles. The van der Waals surface area contributed by atoms with Crippen LogP contribution >= 0.6 is 12.6 Å². The van der Waals surface area contributed by atoms with Gasteiger partial charge in [-0.15, -0.1) is 0 Å². The minimum atomic E-state index is -2.41. The lowest BCUT2D eigenvalue weighted by Gasteiger charge is -2.29. The van der Waals surface area contributed by atoms with Gasteiger partial charge in [0.05, 0.1) is 0 Å². The molecule has 0 radical (unpaired) electrons. The van der Waals surface area contributed by atoms with Crippen molar-refractivity contribution in [2.24, 2.45) is 0 Å². The molecule has 5 heteroatoms. The molecule has 0 aliphatic heterocycles. The second kappa shape index (κ2) is 10.6. The first kappa shape index (κ1) is 16.4. The van der Waals surface area contributed by atoms with Crippen molar-refractivity contribution in [3.05, 3.63) is 0 Å². The SMILES string of the molecule is CCCO[Si](CCCS)(OCC)OCCC. The van der Waals surface area contributed by atoms with Gasteiger partial charge in [-0.05, 0) is 31.9 Å². The molecule has 0 N–H and O–H groups in total. The molecule has 0 rings (SSSR count). The first-order valence-electron chi connectivity index (χ1n) is 6.27. The fourth-order valence-corrected chi connectivity index (χ4v) is 4.59. The smallest absolute Gasteiger partial charge is 0.374 e. The van der Waals surface area contributed by atoms with E-state index in [1.165, 1.54) is 0 Å². The van der Waals surface area contributed by atoms with Gasteiger partial charge < -0.3 is 13.3 Å². The van der Waals surface area contributed by atoms with Gasteiger partial charge in [-0.2, -0.15) is 12.6 Å². The molecule has 0 heterocycles. The molecule has 16 heavy (non-hydrogen) atoms. The quantitative estimate of drug-likeness (QED) is 0.460. The van der Waals surface area contributed by atoms with Crippen LogP contribution in [0.5, 0.6) is 0 Å². The summed E-state index contributed by atoms with van der Waals surface area (Å²) in [6, 6.07) is 0.879. The average molecular weight is 266 g/mol. The van der Waals surface area contributed by atoms with Gasteiger partial charge in [-0.1, -0.05) is 13.8 Å². The maximum absolute atomic E-state index is 5.88. The molecule has 0 atom stereocenters. The van der Waals surface area contributed by atoms with Crippen molar-refractivity contribution in [2.75, 3.05) is 25.6 Å². The Bertz CT molecular complexity index is 136. The molecule has 0 aromatic rings. The van der Waals surface area contributed by atoms with Gasteiger partial charge in [0.15, 0.2) is 0 Å². The minimum Gasteiger partial charge on any atom is -0.374 e. The van der Waals surface area contributed by atoms with Crippen LogP contribution in [-0.2, 0) is 13.3 Å². The molecule has 0 spiro atoms. The Balaban J connectivity index is 4.32. The predicted octanol–water partition coefficient (Wildman–Crippen LogP) is 3.13. The third-order valence-corrected chi connectivity index (χ3v) is 5.36. The third kappa shape index (κ3) is 6.91. The van der Waals surface area contributed by atoms with Crippen molar-refractivity contribution < 1.29 is 13.3 Å². The maximum atomic E-state index is 5.88. The van der Waals surface area contributed by atoms with Crippen molar-refractivity contribution in [1.82, 2.24) is 0 Å². The number of rotatable bonds is 11. The summed E-state index contributed by atoms with van der Waals surface area (Å²) in [5.74, 6) is 0.854. The van der Waals surface area contributed by atoms with Gasteiger partial charge in [-0.3, -0.25) is 0 Å². The Kier molecular flexibility index (Phi) is 10.9. The van der Waals surface area contributed by atoms with E-state index in [1.54, 1.807) is 0 Å². The lowest BCUT2D eigenvalue weighted by Crippen LogP contribution is -2.46. The first-order chi connectivity index (χ1) is 7.74. The molecule has 98 valence electrons. The van der Waals surface area contributed by atoms with Gasteiger partial charge in [0.25, 0.3) is 0 Å². The summed E-state index contributed by atoms with van der Waals surface area (Å²) in [5, 5.41) is 0. The van der Waals surface area contributed by atoms with Crippen LogP contribution < -0.4 is 0 Å². The minimum absolute atomic E-state index is 0.659. The fraction of sp³-hybridized carbons (Fsp3) is 1.00. The Morgan fingerprint density at radius 1 is 0.938 bits per heavy atom. The number of hydrogen-bond donors (Lipinski definition) is 1. The highest BCUT2D eigenvalue weighted by atomic mass is 32.1. The van der Waals surface area contributed by atoms with Crippen LogP contribution in [0.25, 0.3) is 0 Å². The Hall–Kier alpha value is 0.447. The summed E-state index contributed by atoms with van der Waals surface area (Å²) >= 11 is 4.24. The normalized spacial score (nSPS) is 12.0. The van der Waals surface area contributed by atoms with Crippen molar-refractivity contribution in [3.63, 3.8) is 0 Å². The van der Waals surface area contributed by atoms with Crippen molar-refractivity contribution >= 4 is 21.4 Å². The first-order valence-corrected chi connectivity index (χ1v) is 8.83. The molecule has 0 fully saturated rings. The summed E-state index contributed by atoms with van der Waals surface area (Å²) in [6.07, 6.45) is 2.99. The second-order valence-corrected chi connectivity index (χ2v) is 6.82. The zero-order valence-electron chi connectivity index (χ0n) is 10.8. The van der Waals surface area contributed by atoms with E-state index in [0.29, 0.717) is 6.61 Å². The lowest BCUT2D eigenvalue weighted by molar-refractivity contribution is 0.0630.